The molecule has 26 heavy (non-hydrogen) atoms. The first-order chi connectivity index (χ1) is 12.6. The van der Waals surface area contributed by atoms with Gasteiger partial charge in [0.25, 0.3) is 5.56 Å². The smallest absolute Gasteiger partial charge is 0.350 e. The van der Waals surface area contributed by atoms with Gasteiger partial charge in [-0.2, -0.15) is 0 Å². The Morgan fingerprint density at radius 2 is 2.00 bits per heavy atom. The lowest BCUT2D eigenvalue weighted by molar-refractivity contribution is 0.0533. The molecule has 0 spiro atoms. The Labute approximate surface area is 152 Å². The number of aromatic nitrogens is 2. The number of hydrogen-bond donors (Lipinski definition) is 1. The molecule has 7 heteroatoms. The first kappa shape index (κ1) is 16.3. The van der Waals surface area contributed by atoms with Gasteiger partial charge in [0.2, 0.25) is 0 Å². The molecule has 0 aliphatic heterocycles. The van der Waals surface area contributed by atoms with Crippen molar-refractivity contribution in [2.45, 2.75) is 6.92 Å². The molecule has 0 aliphatic rings. The summed E-state index contributed by atoms with van der Waals surface area (Å²) in [6, 6.07) is 12.9. The number of nitrogens with zero attached hydrogens (tertiary/aromatic N) is 2. The van der Waals surface area contributed by atoms with Crippen molar-refractivity contribution in [1.29, 1.82) is 0 Å². The van der Waals surface area contributed by atoms with Crippen molar-refractivity contribution >= 4 is 44.1 Å². The van der Waals surface area contributed by atoms with E-state index in [0.717, 1.165) is 5.39 Å². The summed E-state index contributed by atoms with van der Waals surface area (Å²) in [6.45, 7) is 1.96. The van der Waals surface area contributed by atoms with Crippen LogP contribution in [0, 0.1) is 0 Å². The average molecular weight is 365 g/mol. The SMILES string of the molecule is CCOC(=O)c1sc2c(c1N)c(=O)n(-c1ccccc1)c1ncccc21. The number of rotatable bonds is 3. The third kappa shape index (κ3) is 2.36. The Kier molecular flexibility index (Phi) is 3.93. The molecule has 130 valence electrons. The molecule has 0 amide bonds. The largest absolute Gasteiger partial charge is 0.462 e. The highest BCUT2D eigenvalue weighted by Gasteiger charge is 2.23. The topological polar surface area (TPSA) is 87.2 Å². The summed E-state index contributed by atoms with van der Waals surface area (Å²) in [7, 11) is 0. The fourth-order valence-electron chi connectivity index (χ4n) is 2.97. The summed E-state index contributed by atoms with van der Waals surface area (Å²) in [6.07, 6.45) is 1.64. The molecule has 1 aromatic carbocycles. The van der Waals surface area contributed by atoms with E-state index in [0.29, 0.717) is 21.4 Å². The van der Waals surface area contributed by atoms with Gasteiger partial charge >= 0.3 is 5.97 Å². The number of nitrogen functional groups attached to an aromatic ring is 1. The van der Waals surface area contributed by atoms with Crippen LogP contribution in [0.4, 0.5) is 5.69 Å². The monoisotopic (exact) mass is 365 g/mol. The number of esters is 1. The zero-order valence-electron chi connectivity index (χ0n) is 13.9. The molecule has 0 aliphatic carbocycles. The van der Waals surface area contributed by atoms with Gasteiger partial charge in [-0.1, -0.05) is 18.2 Å². The van der Waals surface area contributed by atoms with E-state index >= 15 is 0 Å². The van der Waals surface area contributed by atoms with Gasteiger partial charge in [-0.3, -0.25) is 9.36 Å². The molecule has 0 saturated heterocycles. The first-order valence-corrected chi connectivity index (χ1v) is 8.89. The molecular formula is C19H15N3O3S. The van der Waals surface area contributed by atoms with Crippen molar-refractivity contribution in [2.24, 2.45) is 0 Å². The minimum atomic E-state index is -0.520. The van der Waals surface area contributed by atoms with Gasteiger partial charge in [0, 0.05) is 11.6 Å². The molecule has 4 rings (SSSR count). The number of carbonyl (C=O) groups is 1. The van der Waals surface area contributed by atoms with Gasteiger partial charge in [-0.15, -0.1) is 11.3 Å². The second kappa shape index (κ2) is 6.27. The first-order valence-electron chi connectivity index (χ1n) is 8.07. The van der Waals surface area contributed by atoms with Crippen LogP contribution in [-0.4, -0.2) is 22.1 Å². The summed E-state index contributed by atoms with van der Waals surface area (Å²) in [4.78, 5) is 30.1. The third-order valence-corrected chi connectivity index (χ3v) is 5.30. The van der Waals surface area contributed by atoms with Gasteiger partial charge in [0.15, 0.2) is 0 Å². The molecule has 0 unspecified atom stereocenters. The van der Waals surface area contributed by atoms with Crippen LogP contribution in [0.1, 0.15) is 16.6 Å². The summed E-state index contributed by atoms with van der Waals surface area (Å²) >= 11 is 1.17. The van der Waals surface area contributed by atoms with Crippen molar-refractivity contribution < 1.29 is 9.53 Å². The van der Waals surface area contributed by atoms with E-state index in [1.54, 1.807) is 19.2 Å². The van der Waals surface area contributed by atoms with Gasteiger partial charge in [-0.25, -0.2) is 9.78 Å². The van der Waals surface area contributed by atoms with E-state index in [2.05, 4.69) is 4.98 Å². The van der Waals surface area contributed by atoms with Crippen molar-refractivity contribution in [3.63, 3.8) is 0 Å². The zero-order valence-corrected chi connectivity index (χ0v) is 14.7. The Bertz CT molecular complexity index is 1200. The van der Waals surface area contributed by atoms with Crippen LogP contribution in [-0.2, 0) is 4.74 Å². The number of hydrogen-bond acceptors (Lipinski definition) is 6. The van der Waals surface area contributed by atoms with E-state index in [1.165, 1.54) is 15.9 Å². The van der Waals surface area contributed by atoms with E-state index in [9.17, 15) is 9.59 Å². The Balaban J connectivity index is 2.16. The van der Waals surface area contributed by atoms with Gasteiger partial charge in [0.05, 0.1) is 28.1 Å². The molecule has 0 fully saturated rings. The summed E-state index contributed by atoms with van der Waals surface area (Å²) < 4.78 is 7.24. The number of para-hydroxylation sites is 1. The minimum absolute atomic E-state index is 0.156. The predicted octanol–water partition coefficient (Wildman–Crippen LogP) is 3.36. The average Bonchev–Trinajstić information content (AvgIpc) is 3.01. The molecule has 3 heterocycles. The van der Waals surface area contributed by atoms with Crippen molar-refractivity contribution in [1.82, 2.24) is 9.55 Å². The highest BCUT2D eigenvalue weighted by atomic mass is 32.1. The maximum Gasteiger partial charge on any atom is 0.350 e. The van der Waals surface area contributed by atoms with Crippen LogP contribution in [0.5, 0.6) is 0 Å². The number of nitrogens with two attached hydrogens (primary N) is 1. The predicted molar refractivity (Wildman–Crippen MR) is 103 cm³/mol. The van der Waals surface area contributed by atoms with Crippen LogP contribution >= 0.6 is 11.3 Å². The number of anilines is 1. The van der Waals surface area contributed by atoms with Gasteiger partial charge < -0.3 is 10.5 Å². The molecular weight excluding hydrogens is 350 g/mol. The standard InChI is InChI=1S/C19H15N3O3S/c1-2-25-19(24)16-14(20)13-15(26-16)12-9-6-10-21-17(12)22(18(13)23)11-7-4-3-5-8-11/h3-10H,2,20H2,1H3. The summed E-state index contributed by atoms with van der Waals surface area (Å²) in [5.74, 6) is -0.520. The third-order valence-electron chi connectivity index (χ3n) is 4.08. The normalized spacial score (nSPS) is 11.1. The number of pyridine rings is 2. The molecule has 3 aromatic heterocycles. The number of thiophene rings is 1. The molecule has 4 aromatic rings. The number of carbonyl (C=O) groups excluding carboxylic acids is 1. The Morgan fingerprint density at radius 3 is 2.73 bits per heavy atom. The second-order valence-corrected chi connectivity index (χ2v) is 6.64. The quantitative estimate of drug-likeness (QED) is 0.563. The molecule has 0 bridgehead atoms. The van der Waals surface area contributed by atoms with Crippen molar-refractivity contribution in [3.05, 3.63) is 63.9 Å². The fourth-order valence-corrected chi connectivity index (χ4v) is 4.10. The zero-order chi connectivity index (χ0) is 18.3. The van der Waals surface area contributed by atoms with Crippen LogP contribution in [0.3, 0.4) is 0 Å². The highest BCUT2D eigenvalue weighted by Crippen LogP contribution is 2.36. The van der Waals surface area contributed by atoms with Gasteiger partial charge in [0.1, 0.15) is 10.5 Å². The second-order valence-electron chi connectivity index (χ2n) is 5.62. The van der Waals surface area contributed by atoms with E-state index in [1.807, 2.05) is 36.4 Å². The lowest BCUT2D eigenvalue weighted by atomic mass is 10.2. The Hall–Kier alpha value is -3.19. The summed E-state index contributed by atoms with van der Waals surface area (Å²) in [5, 5.41) is 1.08. The molecule has 2 N–H and O–H groups in total. The van der Waals surface area contributed by atoms with Gasteiger partial charge in [-0.05, 0) is 31.2 Å². The van der Waals surface area contributed by atoms with E-state index in [4.69, 9.17) is 10.5 Å². The lowest BCUT2D eigenvalue weighted by Gasteiger charge is -2.10. The maximum atomic E-state index is 13.3. The molecule has 0 atom stereocenters. The highest BCUT2D eigenvalue weighted by molar-refractivity contribution is 7.22. The maximum absolute atomic E-state index is 13.3. The van der Waals surface area contributed by atoms with Crippen molar-refractivity contribution in [3.8, 4) is 5.69 Å². The molecule has 0 saturated carbocycles. The minimum Gasteiger partial charge on any atom is -0.462 e. The molecule has 0 radical (unpaired) electrons. The van der Waals surface area contributed by atoms with Crippen LogP contribution < -0.4 is 11.3 Å². The summed E-state index contributed by atoms with van der Waals surface area (Å²) in [5.41, 5.74) is 7.24. The van der Waals surface area contributed by atoms with Crippen LogP contribution in [0.2, 0.25) is 0 Å². The number of fused-ring (bicyclic) bond motifs is 3. The van der Waals surface area contributed by atoms with E-state index in [-0.39, 0.29) is 22.7 Å². The Morgan fingerprint density at radius 1 is 1.23 bits per heavy atom. The van der Waals surface area contributed by atoms with Crippen LogP contribution in [0.25, 0.3) is 26.8 Å². The fraction of sp³-hybridized carbons (Fsp3) is 0.105. The lowest BCUT2D eigenvalue weighted by Crippen LogP contribution is -2.20. The van der Waals surface area contributed by atoms with Crippen molar-refractivity contribution in [2.75, 3.05) is 12.3 Å². The number of ether oxygens (including phenoxy) is 1. The van der Waals surface area contributed by atoms with Crippen LogP contribution in [0.15, 0.2) is 53.5 Å². The number of benzene rings is 1. The molecule has 6 nitrogen and oxygen atoms in total. The van der Waals surface area contributed by atoms with E-state index < -0.39 is 5.97 Å².